The van der Waals surface area contributed by atoms with Gasteiger partial charge in [0.05, 0.1) is 0 Å². The zero-order valence-electron chi connectivity index (χ0n) is 16.2. The molecule has 2 aromatic rings. The first-order chi connectivity index (χ1) is 13.1. The summed E-state index contributed by atoms with van der Waals surface area (Å²) in [5, 5.41) is 9.49. The maximum atomic E-state index is 13.2. The molecule has 5 nitrogen and oxygen atoms in total. The predicted molar refractivity (Wildman–Crippen MR) is 109 cm³/mol. The normalized spacial score (nSPS) is 16.1. The van der Waals surface area contributed by atoms with Gasteiger partial charge in [0.25, 0.3) is 0 Å². The van der Waals surface area contributed by atoms with Crippen LogP contribution in [0, 0.1) is 0 Å². The number of phenols is 1. The van der Waals surface area contributed by atoms with Gasteiger partial charge in [-0.25, -0.2) is 0 Å². The minimum Gasteiger partial charge on any atom is -0.508 e. The summed E-state index contributed by atoms with van der Waals surface area (Å²) in [6, 6.07) is 17.2. The largest absolute Gasteiger partial charge is 0.508 e. The summed E-state index contributed by atoms with van der Waals surface area (Å²) in [6.45, 7) is 8.90. The van der Waals surface area contributed by atoms with E-state index in [1.165, 1.54) is 0 Å². The van der Waals surface area contributed by atoms with Gasteiger partial charge < -0.3 is 14.9 Å². The van der Waals surface area contributed by atoms with Crippen molar-refractivity contribution in [2.45, 2.75) is 19.9 Å². The Balaban J connectivity index is 1.76. The highest BCUT2D eigenvalue weighted by Gasteiger charge is 2.32. The Bertz CT molecular complexity index is 721. The van der Waals surface area contributed by atoms with Crippen LogP contribution in [-0.2, 0) is 4.79 Å². The van der Waals surface area contributed by atoms with Crippen LogP contribution in [0.15, 0.2) is 54.6 Å². The van der Waals surface area contributed by atoms with Gasteiger partial charge >= 0.3 is 0 Å². The highest BCUT2D eigenvalue weighted by molar-refractivity contribution is 5.83. The summed E-state index contributed by atoms with van der Waals surface area (Å²) >= 11 is 0. The van der Waals surface area contributed by atoms with E-state index < -0.39 is 0 Å². The first kappa shape index (κ1) is 19.2. The summed E-state index contributed by atoms with van der Waals surface area (Å²) in [4.78, 5) is 19.8. The van der Waals surface area contributed by atoms with Gasteiger partial charge in [-0.3, -0.25) is 9.69 Å². The fraction of sp³-hybridized carbons (Fsp3) is 0.409. The van der Waals surface area contributed by atoms with Crippen molar-refractivity contribution in [2.75, 3.05) is 44.2 Å². The third kappa shape index (κ3) is 4.42. The molecule has 1 aliphatic heterocycles. The Morgan fingerprint density at radius 3 is 2.11 bits per heavy atom. The topological polar surface area (TPSA) is 47.0 Å². The van der Waals surface area contributed by atoms with Crippen LogP contribution in [0.2, 0.25) is 0 Å². The van der Waals surface area contributed by atoms with Crippen molar-refractivity contribution in [2.24, 2.45) is 0 Å². The fourth-order valence-electron chi connectivity index (χ4n) is 3.75. The number of rotatable bonds is 6. The molecular formula is C22H29N3O2. The molecule has 1 N–H and O–H groups in total. The van der Waals surface area contributed by atoms with E-state index in [0.717, 1.165) is 50.5 Å². The summed E-state index contributed by atoms with van der Waals surface area (Å²) in [6.07, 6.45) is 0. The van der Waals surface area contributed by atoms with Crippen LogP contribution in [0.4, 0.5) is 5.69 Å². The molecule has 0 saturated carbocycles. The van der Waals surface area contributed by atoms with E-state index in [-0.39, 0.29) is 17.7 Å². The van der Waals surface area contributed by atoms with Crippen molar-refractivity contribution < 1.29 is 9.90 Å². The van der Waals surface area contributed by atoms with Crippen LogP contribution in [-0.4, -0.2) is 60.1 Å². The predicted octanol–water partition coefficient (Wildman–Crippen LogP) is 3.12. The van der Waals surface area contributed by atoms with Crippen LogP contribution in [0.5, 0.6) is 5.75 Å². The second-order valence-corrected chi connectivity index (χ2v) is 6.86. The van der Waals surface area contributed by atoms with E-state index >= 15 is 0 Å². The molecule has 0 radical (unpaired) electrons. The molecule has 27 heavy (non-hydrogen) atoms. The van der Waals surface area contributed by atoms with E-state index in [0.29, 0.717) is 0 Å². The number of hydrogen-bond acceptors (Lipinski definition) is 4. The third-order valence-corrected chi connectivity index (χ3v) is 5.32. The van der Waals surface area contributed by atoms with E-state index in [1.54, 1.807) is 12.1 Å². The lowest BCUT2D eigenvalue weighted by Gasteiger charge is -2.41. The van der Waals surface area contributed by atoms with Crippen molar-refractivity contribution in [1.82, 2.24) is 9.80 Å². The molecule has 1 aliphatic rings. The zero-order chi connectivity index (χ0) is 19.2. The van der Waals surface area contributed by atoms with Crippen molar-refractivity contribution in [3.05, 3.63) is 60.2 Å². The molecule has 1 heterocycles. The first-order valence-electron chi connectivity index (χ1n) is 9.75. The Kier molecular flexibility index (Phi) is 6.35. The van der Waals surface area contributed by atoms with Crippen molar-refractivity contribution >= 4 is 11.6 Å². The van der Waals surface area contributed by atoms with Gasteiger partial charge in [0.1, 0.15) is 11.8 Å². The number of piperazine rings is 1. The molecule has 1 atom stereocenters. The highest BCUT2D eigenvalue weighted by Crippen LogP contribution is 2.27. The Hall–Kier alpha value is -2.53. The number of carbonyl (C=O) groups is 1. The average Bonchev–Trinajstić information content (AvgIpc) is 2.71. The van der Waals surface area contributed by atoms with E-state index in [2.05, 4.69) is 21.9 Å². The lowest BCUT2D eigenvalue weighted by molar-refractivity contribution is -0.137. The van der Waals surface area contributed by atoms with Crippen LogP contribution >= 0.6 is 0 Å². The molecule has 0 aliphatic carbocycles. The fourth-order valence-corrected chi connectivity index (χ4v) is 3.75. The number of phenolic OH excluding ortho intramolecular Hbond substituents is 1. The van der Waals surface area contributed by atoms with Crippen molar-refractivity contribution in [3.8, 4) is 5.75 Å². The van der Waals surface area contributed by atoms with Gasteiger partial charge in [-0.2, -0.15) is 0 Å². The highest BCUT2D eigenvalue weighted by atomic mass is 16.3. The lowest BCUT2D eigenvalue weighted by Crippen LogP contribution is -2.51. The van der Waals surface area contributed by atoms with Crippen LogP contribution in [0.25, 0.3) is 0 Å². The molecular weight excluding hydrogens is 338 g/mol. The smallest absolute Gasteiger partial charge is 0.244 e. The Morgan fingerprint density at radius 1 is 0.963 bits per heavy atom. The summed E-state index contributed by atoms with van der Waals surface area (Å²) < 4.78 is 0. The number of carbonyl (C=O) groups excluding carboxylic acids is 1. The summed E-state index contributed by atoms with van der Waals surface area (Å²) in [7, 11) is 0. The number of amides is 1. The number of aromatic hydroxyl groups is 1. The van der Waals surface area contributed by atoms with Gasteiger partial charge in [0.2, 0.25) is 5.91 Å². The first-order valence-corrected chi connectivity index (χ1v) is 9.75. The minimum atomic E-state index is -0.229. The molecule has 0 spiro atoms. The molecule has 1 amide bonds. The van der Waals surface area contributed by atoms with E-state index in [1.807, 2.05) is 49.1 Å². The maximum absolute atomic E-state index is 13.2. The number of likely N-dealkylation sites (N-methyl/N-ethyl adjacent to an activating group) is 1. The molecule has 0 bridgehead atoms. The molecule has 1 fully saturated rings. The summed E-state index contributed by atoms with van der Waals surface area (Å²) in [5.74, 6) is 0.468. The van der Waals surface area contributed by atoms with Crippen LogP contribution in [0.3, 0.4) is 0 Å². The van der Waals surface area contributed by atoms with Gasteiger partial charge in [-0.15, -0.1) is 0 Å². The second-order valence-electron chi connectivity index (χ2n) is 6.86. The lowest BCUT2D eigenvalue weighted by atomic mass is 10.0. The van der Waals surface area contributed by atoms with Gasteiger partial charge in [0, 0.05) is 45.0 Å². The molecule has 0 aromatic heterocycles. The van der Waals surface area contributed by atoms with Crippen molar-refractivity contribution in [3.63, 3.8) is 0 Å². The molecule has 1 saturated heterocycles. The molecule has 0 unspecified atom stereocenters. The van der Waals surface area contributed by atoms with Crippen molar-refractivity contribution in [1.29, 1.82) is 0 Å². The van der Waals surface area contributed by atoms with Crippen LogP contribution in [0.1, 0.15) is 25.5 Å². The van der Waals surface area contributed by atoms with E-state index in [4.69, 9.17) is 0 Å². The second kappa shape index (κ2) is 8.91. The monoisotopic (exact) mass is 367 g/mol. The number of nitrogens with zero attached hydrogens (tertiary/aromatic N) is 3. The number of anilines is 1. The Labute approximate surface area is 161 Å². The molecule has 3 rings (SSSR count). The number of benzene rings is 2. The SMILES string of the molecule is CCN(CC)C(=O)[C@H](c1ccccc1)N1CCN(c2ccc(O)cc2)CC1. The van der Waals surface area contributed by atoms with Gasteiger partial charge in [0.15, 0.2) is 0 Å². The standard InChI is InChI=1S/C22H29N3O2/c1-3-23(4-2)22(27)21(18-8-6-5-7-9-18)25-16-14-24(15-17-25)19-10-12-20(26)13-11-19/h5-13,21,26H,3-4,14-17H2,1-2H3/t21-/m0/s1. The van der Waals surface area contributed by atoms with Gasteiger partial charge in [-0.1, -0.05) is 30.3 Å². The summed E-state index contributed by atoms with van der Waals surface area (Å²) in [5.41, 5.74) is 2.17. The van der Waals surface area contributed by atoms with Gasteiger partial charge in [-0.05, 0) is 43.7 Å². The average molecular weight is 367 g/mol. The third-order valence-electron chi connectivity index (χ3n) is 5.32. The number of hydrogen-bond donors (Lipinski definition) is 1. The minimum absolute atomic E-state index is 0.185. The molecule has 2 aromatic carbocycles. The molecule has 144 valence electrons. The maximum Gasteiger partial charge on any atom is 0.244 e. The quantitative estimate of drug-likeness (QED) is 0.852. The Morgan fingerprint density at radius 2 is 1.56 bits per heavy atom. The van der Waals surface area contributed by atoms with Crippen LogP contribution < -0.4 is 4.90 Å². The zero-order valence-corrected chi connectivity index (χ0v) is 16.2. The molecule has 5 heteroatoms. The van der Waals surface area contributed by atoms with E-state index in [9.17, 15) is 9.90 Å².